The number of aliphatic imine (C=N–C) groups is 2. The number of aliphatic carboxylic acids is 2. The number of nitrogens with zero attached hydrogens (tertiary/aromatic N) is 2. The molecule has 11 nitrogen and oxygen atoms in total. The van der Waals surface area contributed by atoms with Crippen LogP contribution in [0, 0.1) is 0 Å². The Balaban J connectivity index is 0.000000634. The number of rotatable bonds is 6. The smallest absolute Gasteiger partial charge is 0.337 e. The Labute approximate surface area is 327 Å². The summed E-state index contributed by atoms with van der Waals surface area (Å²) in [6, 6.07) is 8.53. The molecule has 1 radical (unpaired) electrons. The summed E-state index contributed by atoms with van der Waals surface area (Å²) in [5.74, 6) is -2.40. The van der Waals surface area contributed by atoms with Gasteiger partial charge in [-0.25, -0.2) is 18.0 Å². The SMILES string of the molecule is CC(C)(C)c1cc(C=N[C@@H]2CCCC[C@H]2N=Cc2cc(C(C)(C)C)cc(C(C)(C)C)c2O)c(O)c(C(C)(C)C)c1.O=C(O)[C@@H]1OS(=O)O[C@H]1C(=O)O.[Co]. The second kappa shape index (κ2) is 17.6. The normalized spacial score (nSPS) is 21.7. The minimum atomic E-state index is -2.29. The van der Waals surface area contributed by atoms with Crippen molar-refractivity contribution >= 4 is 35.7 Å². The number of carbonyl (C=O) groups is 2. The summed E-state index contributed by atoms with van der Waals surface area (Å²) in [6.07, 6.45) is 4.49. The molecule has 2 aromatic rings. The Kier molecular flexibility index (Phi) is 15.3. The van der Waals surface area contributed by atoms with Crippen LogP contribution in [0.25, 0.3) is 0 Å². The maximum absolute atomic E-state index is 11.2. The Bertz CT molecular complexity index is 1590. The van der Waals surface area contributed by atoms with Crippen molar-refractivity contribution in [3.63, 3.8) is 0 Å². The average Bonchev–Trinajstić information content (AvgIpc) is 3.41. The van der Waals surface area contributed by atoms with Gasteiger partial charge in [-0.05, 0) is 57.8 Å². The van der Waals surface area contributed by atoms with Gasteiger partial charge in [0.2, 0.25) is 12.2 Å². The van der Waals surface area contributed by atoms with Gasteiger partial charge in [-0.2, -0.15) is 4.21 Å². The molecule has 1 aliphatic carbocycles. The van der Waals surface area contributed by atoms with Crippen LogP contribution >= 0.6 is 0 Å². The third-order valence-electron chi connectivity index (χ3n) is 9.26. The number of benzene rings is 2. The van der Waals surface area contributed by atoms with E-state index < -0.39 is 35.5 Å². The van der Waals surface area contributed by atoms with Gasteiger partial charge < -0.3 is 20.4 Å². The van der Waals surface area contributed by atoms with E-state index in [2.05, 4.69) is 116 Å². The first-order valence-electron chi connectivity index (χ1n) is 17.8. The maximum Gasteiger partial charge on any atom is 0.337 e. The van der Waals surface area contributed by atoms with Gasteiger partial charge in [0.15, 0.2) is 0 Å². The Hall–Kier alpha value is -3.10. The van der Waals surface area contributed by atoms with Crippen molar-refractivity contribution in [1.29, 1.82) is 0 Å². The van der Waals surface area contributed by atoms with Gasteiger partial charge >= 0.3 is 23.3 Å². The molecule has 2 fully saturated rings. The number of carboxylic acids is 2. The number of phenols is 2. The summed E-state index contributed by atoms with van der Waals surface area (Å²) < 4.78 is 18.7. The molecule has 2 aliphatic rings. The first kappa shape index (κ1) is 46.1. The van der Waals surface area contributed by atoms with Crippen molar-refractivity contribution in [2.75, 3.05) is 0 Å². The van der Waals surface area contributed by atoms with Crippen molar-refractivity contribution in [3.8, 4) is 11.5 Å². The van der Waals surface area contributed by atoms with E-state index in [4.69, 9.17) is 20.2 Å². The van der Waals surface area contributed by atoms with E-state index in [0.717, 1.165) is 47.9 Å². The zero-order chi connectivity index (χ0) is 39.6. The van der Waals surface area contributed by atoms with Gasteiger partial charge in [-0.1, -0.05) is 108 Å². The molecule has 1 saturated carbocycles. The van der Waals surface area contributed by atoms with Crippen molar-refractivity contribution in [2.45, 2.75) is 155 Å². The van der Waals surface area contributed by atoms with E-state index in [1.807, 2.05) is 12.4 Å². The fourth-order valence-corrected chi connectivity index (χ4v) is 6.70. The van der Waals surface area contributed by atoms with Gasteiger partial charge in [0.1, 0.15) is 11.5 Å². The Morgan fingerprint density at radius 3 is 1.23 bits per heavy atom. The molecular weight excluding hydrogens is 743 g/mol. The number of hydrogen-bond acceptors (Lipinski definition) is 9. The van der Waals surface area contributed by atoms with Crippen LogP contribution in [0.4, 0.5) is 0 Å². The van der Waals surface area contributed by atoms with Crippen LogP contribution in [-0.2, 0) is 67.8 Å². The number of hydrogen-bond donors (Lipinski definition) is 4. The van der Waals surface area contributed by atoms with Crippen LogP contribution in [0.5, 0.6) is 11.5 Å². The first-order valence-corrected chi connectivity index (χ1v) is 18.8. The zero-order valence-corrected chi connectivity index (χ0v) is 34.9. The summed E-state index contributed by atoms with van der Waals surface area (Å²) in [7, 11) is 0. The van der Waals surface area contributed by atoms with Crippen molar-refractivity contribution < 1.29 is 59.4 Å². The molecule has 0 bridgehead atoms. The van der Waals surface area contributed by atoms with Gasteiger partial charge in [0, 0.05) is 51.5 Å². The maximum atomic E-state index is 11.2. The van der Waals surface area contributed by atoms with Crippen LogP contribution in [0.1, 0.15) is 142 Å². The van der Waals surface area contributed by atoms with Crippen molar-refractivity contribution in [2.24, 2.45) is 9.98 Å². The second-order valence-corrected chi connectivity index (χ2v) is 18.6. The summed E-state index contributed by atoms with van der Waals surface area (Å²) in [5, 5.41) is 39.1. The minimum Gasteiger partial charge on any atom is -0.507 e. The molecule has 1 heterocycles. The molecule has 4 atom stereocenters. The van der Waals surface area contributed by atoms with Crippen LogP contribution in [-0.4, -0.2) is 73.3 Å². The first-order chi connectivity index (χ1) is 23.7. The molecule has 4 N–H and O–H groups in total. The van der Waals surface area contributed by atoms with Gasteiger partial charge in [0.25, 0.3) is 0 Å². The van der Waals surface area contributed by atoms with E-state index in [1.165, 1.54) is 11.1 Å². The molecular formula is C40H58CoN2O9S. The average molecular weight is 802 g/mol. The van der Waals surface area contributed by atoms with E-state index in [-0.39, 0.29) is 50.5 Å². The largest absolute Gasteiger partial charge is 0.507 e. The fraction of sp³-hybridized carbons (Fsp3) is 0.600. The molecule has 0 amide bonds. The third-order valence-corrected chi connectivity index (χ3v) is 9.99. The molecule has 1 saturated heterocycles. The Morgan fingerprint density at radius 2 is 0.962 bits per heavy atom. The van der Waals surface area contributed by atoms with Crippen molar-refractivity contribution in [3.05, 3.63) is 57.6 Å². The summed E-state index contributed by atoms with van der Waals surface area (Å²) in [6.45, 7) is 26.0. The predicted molar refractivity (Wildman–Crippen MR) is 205 cm³/mol. The molecule has 53 heavy (non-hydrogen) atoms. The monoisotopic (exact) mass is 801 g/mol. The van der Waals surface area contributed by atoms with Gasteiger partial charge in [0.05, 0.1) is 12.1 Å². The minimum absolute atomic E-state index is 0. The van der Waals surface area contributed by atoms with E-state index in [0.29, 0.717) is 11.5 Å². The molecule has 297 valence electrons. The zero-order valence-electron chi connectivity index (χ0n) is 33.1. The van der Waals surface area contributed by atoms with Crippen LogP contribution < -0.4 is 0 Å². The second-order valence-electron chi connectivity index (χ2n) is 17.8. The summed E-state index contributed by atoms with van der Waals surface area (Å²) >= 11 is -2.29. The molecule has 0 spiro atoms. The van der Waals surface area contributed by atoms with Gasteiger partial charge in [-0.3, -0.25) is 9.98 Å². The molecule has 1 aliphatic heterocycles. The van der Waals surface area contributed by atoms with E-state index >= 15 is 0 Å². The third kappa shape index (κ3) is 12.2. The topological polar surface area (TPSA) is 175 Å². The molecule has 2 aromatic carbocycles. The van der Waals surface area contributed by atoms with E-state index in [1.54, 1.807) is 0 Å². The molecule has 0 unspecified atom stereocenters. The number of carboxylic acid groups (broad SMARTS) is 2. The van der Waals surface area contributed by atoms with Crippen LogP contribution in [0.3, 0.4) is 0 Å². The fourth-order valence-electron chi connectivity index (χ4n) is 5.95. The van der Waals surface area contributed by atoms with Gasteiger partial charge in [-0.15, -0.1) is 0 Å². The quantitative estimate of drug-likeness (QED) is 0.214. The number of phenolic OH excluding ortho intramolecular Hbond substituents is 2. The Morgan fingerprint density at radius 1 is 0.642 bits per heavy atom. The molecule has 13 heteroatoms. The standard InChI is InChI=1S/C36H54N2O2.C4H4O7S.Co/c1-33(2,3)25-17-23(31(39)27(19-25)35(7,8)9)21-37-29-15-13-14-16-30(29)38-22-24-18-26(34(4,5)6)20-28(32(24)40)36(10,11)12;5-3(6)1-2(4(7)8)11-12(9)10-1;/h17-22,29-30,39-40H,13-16H2,1-12H3;1-2H,(H,5,6)(H,7,8);/t29-,30-;1-,2-;/m11./s1. The number of aromatic hydroxyl groups is 2. The molecule has 0 aromatic heterocycles. The summed E-state index contributed by atoms with van der Waals surface area (Å²) in [5.41, 5.74) is 5.39. The van der Waals surface area contributed by atoms with E-state index in [9.17, 15) is 24.0 Å². The predicted octanol–water partition coefficient (Wildman–Crippen LogP) is 7.65. The molecule has 4 rings (SSSR count). The summed E-state index contributed by atoms with van der Waals surface area (Å²) in [4.78, 5) is 30.6. The van der Waals surface area contributed by atoms with Crippen LogP contribution in [0.15, 0.2) is 34.3 Å². The van der Waals surface area contributed by atoms with Crippen LogP contribution in [0.2, 0.25) is 0 Å². The van der Waals surface area contributed by atoms with Crippen molar-refractivity contribution in [1.82, 2.24) is 0 Å².